The zero-order valence-electron chi connectivity index (χ0n) is 11.1. The van der Waals surface area contributed by atoms with Gasteiger partial charge in [0.15, 0.2) is 0 Å². The number of rotatable bonds is 3. The fourth-order valence-electron chi connectivity index (χ4n) is 3.19. The van der Waals surface area contributed by atoms with Gasteiger partial charge in [0.25, 0.3) is 0 Å². The highest BCUT2D eigenvalue weighted by Gasteiger charge is 2.31. The lowest BCUT2D eigenvalue weighted by Gasteiger charge is -2.25. The molecule has 1 fully saturated rings. The Kier molecular flexibility index (Phi) is 3.41. The summed E-state index contributed by atoms with van der Waals surface area (Å²) in [6, 6.07) is 0.693. The molecule has 1 saturated carbocycles. The molecule has 0 bridgehead atoms. The van der Waals surface area contributed by atoms with Crippen LogP contribution in [0.5, 0.6) is 0 Å². The summed E-state index contributed by atoms with van der Waals surface area (Å²) in [5, 5.41) is 3.84. The van der Waals surface area contributed by atoms with Crippen LogP contribution in [0.4, 0.5) is 0 Å². The van der Waals surface area contributed by atoms with Crippen molar-refractivity contribution in [2.75, 3.05) is 0 Å². The Bertz CT molecular complexity index is 314. The van der Waals surface area contributed by atoms with Gasteiger partial charge in [0.2, 0.25) is 0 Å². The van der Waals surface area contributed by atoms with Gasteiger partial charge in [-0.15, -0.1) is 0 Å². The smallest absolute Gasteiger partial charge is 0.0364 e. The quantitative estimate of drug-likeness (QED) is 0.756. The Morgan fingerprint density at radius 1 is 1.25 bits per heavy atom. The molecule has 0 radical (unpaired) electrons. The van der Waals surface area contributed by atoms with Crippen LogP contribution in [0, 0.1) is 11.8 Å². The minimum atomic E-state index is 0.693. The number of allylic oxidation sites excluding steroid dienone is 3. The van der Waals surface area contributed by atoms with Gasteiger partial charge in [0.05, 0.1) is 0 Å². The molecular weight excluding hydrogens is 194 g/mol. The molecule has 2 atom stereocenters. The monoisotopic (exact) mass is 219 g/mol. The van der Waals surface area contributed by atoms with Gasteiger partial charge in [-0.25, -0.2) is 0 Å². The van der Waals surface area contributed by atoms with Crippen molar-refractivity contribution in [3.05, 3.63) is 22.9 Å². The van der Waals surface area contributed by atoms with Crippen LogP contribution in [0.2, 0.25) is 0 Å². The highest BCUT2D eigenvalue weighted by molar-refractivity contribution is 5.40. The minimum absolute atomic E-state index is 0.693. The van der Waals surface area contributed by atoms with Gasteiger partial charge in [-0.2, -0.15) is 0 Å². The van der Waals surface area contributed by atoms with Gasteiger partial charge in [-0.05, 0) is 55.6 Å². The van der Waals surface area contributed by atoms with Crippen molar-refractivity contribution in [3.63, 3.8) is 0 Å². The molecule has 0 aromatic heterocycles. The normalized spacial score (nSPS) is 34.5. The van der Waals surface area contributed by atoms with E-state index in [0.29, 0.717) is 6.04 Å². The van der Waals surface area contributed by atoms with E-state index in [2.05, 4.69) is 39.1 Å². The van der Waals surface area contributed by atoms with Crippen molar-refractivity contribution in [1.82, 2.24) is 5.32 Å². The van der Waals surface area contributed by atoms with Crippen LogP contribution in [0.25, 0.3) is 0 Å². The largest absolute Gasteiger partial charge is 0.382 e. The van der Waals surface area contributed by atoms with E-state index in [1.807, 2.05) is 0 Å². The first-order valence-corrected chi connectivity index (χ1v) is 6.79. The summed E-state index contributed by atoms with van der Waals surface area (Å²) >= 11 is 0. The Hall–Kier alpha value is -0.720. The van der Waals surface area contributed by atoms with E-state index < -0.39 is 0 Å². The summed E-state index contributed by atoms with van der Waals surface area (Å²) in [5.74, 6) is 1.66. The summed E-state index contributed by atoms with van der Waals surface area (Å²) in [6.45, 7) is 9.31. The maximum atomic E-state index is 3.84. The molecule has 1 N–H and O–H groups in total. The van der Waals surface area contributed by atoms with Crippen molar-refractivity contribution in [1.29, 1.82) is 0 Å². The van der Waals surface area contributed by atoms with Crippen LogP contribution < -0.4 is 5.32 Å². The van der Waals surface area contributed by atoms with E-state index in [1.54, 1.807) is 0 Å². The maximum Gasteiger partial charge on any atom is 0.0364 e. The van der Waals surface area contributed by atoms with Crippen LogP contribution >= 0.6 is 0 Å². The zero-order valence-corrected chi connectivity index (χ0v) is 11.1. The second kappa shape index (κ2) is 4.65. The number of nitrogens with one attached hydrogen (secondary N) is 1. The molecule has 1 nitrogen and oxygen atoms in total. The van der Waals surface area contributed by atoms with E-state index in [0.717, 1.165) is 24.7 Å². The molecule has 2 aliphatic rings. The Morgan fingerprint density at radius 2 is 1.88 bits per heavy atom. The topological polar surface area (TPSA) is 12.0 Å². The lowest BCUT2D eigenvalue weighted by Crippen LogP contribution is -2.35. The van der Waals surface area contributed by atoms with Crippen LogP contribution in [-0.2, 0) is 0 Å². The van der Waals surface area contributed by atoms with Crippen molar-refractivity contribution in [3.8, 4) is 0 Å². The first kappa shape index (κ1) is 11.8. The third-order valence-electron chi connectivity index (χ3n) is 4.40. The molecule has 0 heterocycles. The van der Waals surface area contributed by atoms with Gasteiger partial charge in [0, 0.05) is 11.7 Å². The molecule has 0 saturated heterocycles. The van der Waals surface area contributed by atoms with E-state index >= 15 is 0 Å². The third kappa shape index (κ3) is 2.05. The fourth-order valence-corrected chi connectivity index (χ4v) is 3.19. The minimum Gasteiger partial charge on any atom is -0.382 e. The SMILES string of the molecule is CCC1=CCC(C)=C1NC1C(C)CCC1C. The van der Waals surface area contributed by atoms with E-state index in [-0.39, 0.29) is 0 Å². The molecule has 0 aliphatic heterocycles. The van der Waals surface area contributed by atoms with Crippen molar-refractivity contribution >= 4 is 0 Å². The lowest BCUT2D eigenvalue weighted by atomic mass is 9.99. The van der Waals surface area contributed by atoms with Crippen molar-refractivity contribution in [2.24, 2.45) is 11.8 Å². The standard InChI is InChI=1S/C15H25N/c1-5-13-9-8-12(4)15(13)16-14-10(2)6-7-11(14)3/h9-11,14,16H,5-8H2,1-4H3. The van der Waals surface area contributed by atoms with Crippen LogP contribution in [0.1, 0.15) is 53.4 Å². The molecule has 1 heteroatoms. The van der Waals surface area contributed by atoms with Crippen molar-refractivity contribution in [2.45, 2.75) is 59.4 Å². The first-order valence-electron chi connectivity index (χ1n) is 6.79. The molecule has 2 aliphatic carbocycles. The maximum absolute atomic E-state index is 3.84. The summed E-state index contributed by atoms with van der Waals surface area (Å²) in [5.41, 5.74) is 4.53. The molecule has 2 rings (SSSR count). The van der Waals surface area contributed by atoms with Gasteiger partial charge in [0.1, 0.15) is 0 Å². The fraction of sp³-hybridized carbons (Fsp3) is 0.733. The summed E-state index contributed by atoms with van der Waals surface area (Å²) in [4.78, 5) is 0. The molecule has 2 unspecified atom stereocenters. The van der Waals surface area contributed by atoms with E-state index in [1.165, 1.54) is 29.7 Å². The molecule has 16 heavy (non-hydrogen) atoms. The zero-order chi connectivity index (χ0) is 11.7. The van der Waals surface area contributed by atoms with Gasteiger partial charge in [-0.1, -0.05) is 26.8 Å². The van der Waals surface area contributed by atoms with Crippen molar-refractivity contribution < 1.29 is 0 Å². The summed E-state index contributed by atoms with van der Waals surface area (Å²) in [6.07, 6.45) is 7.48. The molecular formula is C15H25N. The van der Waals surface area contributed by atoms with Gasteiger partial charge in [-0.3, -0.25) is 0 Å². The Labute approximate surface area is 100 Å². The first-order chi connectivity index (χ1) is 7.63. The average molecular weight is 219 g/mol. The summed E-state index contributed by atoms with van der Waals surface area (Å²) < 4.78 is 0. The second-order valence-electron chi connectivity index (χ2n) is 5.64. The molecule has 0 aromatic rings. The Balaban J connectivity index is 2.09. The molecule has 90 valence electrons. The van der Waals surface area contributed by atoms with Crippen LogP contribution in [-0.4, -0.2) is 6.04 Å². The second-order valence-corrected chi connectivity index (χ2v) is 5.64. The van der Waals surface area contributed by atoms with E-state index in [9.17, 15) is 0 Å². The predicted octanol–water partition coefficient (Wildman–Crippen LogP) is 4.02. The average Bonchev–Trinajstić information content (AvgIpc) is 2.77. The lowest BCUT2D eigenvalue weighted by molar-refractivity contribution is 0.396. The highest BCUT2D eigenvalue weighted by Crippen LogP contribution is 2.34. The van der Waals surface area contributed by atoms with Gasteiger partial charge >= 0.3 is 0 Å². The van der Waals surface area contributed by atoms with Crippen LogP contribution in [0.15, 0.2) is 22.9 Å². The Morgan fingerprint density at radius 3 is 2.44 bits per heavy atom. The number of hydrogen-bond acceptors (Lipinski definition) is 1. The van der Waals surface area contributed by atoms with E-state index in [4.69, 9.17) is 0 Å². The van der Waals surface area contributed by atoms with Gasteiger partial charge < -0.3 is 5.32 Å². The molecule has 0 aromatic carbocycles. The predicted molar refractivity (Wildman–Crippen MR) is 70.2 cm³/mol. The summed E-state index contributed by atoms with van der Waals surface area (Å²) in [7, 11) is 0. The highest BCUT2D eigenvalue weighted by atomic mass is 15.0. The van der Waals surface area contributed by atoms with Crippen LogP contribution in [0.3, 0.4) is 0 Å². The number of hydrogen-bond donors (Lipinski definition) is 1. The molecule has 0 spiro atoms. The molecule has 0 amide bonds. The third-order valence-corrected chi connectivity index (χ3v) is 4.40.